The first-order valence-electron chi connectivity index (χ1n) is 11.4. The van der Waals surface area contributed by atoms with Crippen molar-refractivity contribution in [3.8, 4) is 0 Å². The van der Waals surface area contributed by atoms with Crippen molar-refractivity contribution in [2.75, 3.05) is 13.2 Å². The number of carbonyl (C=O) groups excluding carboxylic acids is 3. The number of alkyl carbamates (subject to hydrolysis) is 1. The maximum absolute atomic E-state index is 13.2. The van der Waals surface area contributed by atoms with Crippen LogP contribution in [0.4, 0.5) is 4.79 Å². The van der Waals surface area contributed by atoms with E-state index in [2.05, 4.69) is 17.2 Å². The molecular weight excluding hydrogens is 448 g/mol. The van der Waals surface area contributed by atoms with Gasteiger partial charge in [-0.15, -0.1) is 0 Å². The molecule has 2 atom stereocenters. The van der Waals surface area contributed by atoms with Gasteiger partial charge in [-0.3, -0.25) is 4.79 Å². The standard InChI is InChI=1S/C27H34N2O6/c1-5-16-34-25(31)22(17-20-12-8-6-9-13-20)28-24(30)23(29-26(32)35-27(2,3)4)19-33-18-21-14-10-7-11-15-21/h5-15,22-23H,1,16-19H2,2-4H3,(H,28,30)(H,29,32)/t22-,23-/m0/s1. The van der Waals surface area contributed by atoms with Crippen molar-refractivity contribution >= 4 is 18.0 Å². The summed E-state index contributed by atoms with van der Waals surface area (Å²) in [5.41, 5.74) is 1.00. The molecule has 0 unspecified atom stereocenters. The highest BCUT2D eigenvalue weighted by Gasteiger charge is 2.29. The normalized spacial score (nSPS) is 12.7. The Morgan fingerprint density at radius 1 is 0.914 bits per heavy atom. The summed E-state index contributed by atoms with van der Waals surface area (Å²) in [6, 6.07) is 16.6. The molecule has 35 heavy (non-hydrogen) atoms. The van der Waals surface area contributed by atoms with E-state index in [1.54, 1.807) is 20.8 Å². The van der Waals surface area contributed by atoms with E-state index < -0.39 is 35.7 Å². The Kier molecular flexibility index (Phi) is 11.0. The maximum atomic E-state index is 13.2. The molecule has 0 aliphatic rings. The van der Waals surface area contributed by atoms with Crippen molar-refractivity contribution in [2.24, 2.45) is 0 Å². The minimum atomic E-state index is -1.10. The summed E-state index contributed by atoms with van der Waals surface area (Å²) >= 11 is 0. The van der Waals surface area contributed by atoms with Gasteiger partial charge in [0.15, 0.2) is 0 Å². The monoisotopic (exact) mass is 482 g/mol. The molecule has 0 aliphatic heterocycles. The summed E-state index contributed by atoms with van der Waals surface area (Å²) in [6.45, 7) is 8.84. The molecule has 8 nitrogen and oxygen atoms in total. The smallest absolute Gasteiger partial charge is 0.408 e. The quantitative estimate of drug-likeness (QED) is 0.354. The zero-order valence-corrected chi connectivity index (χ0v) is 20.5. The minimum absolute atomic E-state index is 0.0137. The highest BCUT2D eigenvalue weighted by atomic mass is 16.6. The first-order valence-corrected chi connectivity index (χ1v) is 11.4. The van der Waals surface area contributed by atoms with Crippen LogP contribution in [0.15, 0.2) is 73.3 Å². The number of hydrogen-bond acceptors (Lipinski definition) is 6. The minimum Gasteiger partial charge on any atom is -0.460 e. The van der Waals surface area contributed by atoms with Gasteiger partial charge in [0.1, 0.15) is 24.3 Å². The molecule has 2 rings (SSSR count). The molecule has 0 aromatic heterocycles. The van der Waals surface area contributed by atoms with Crippen LogP contribution in [0.2, 0.25) is 0 Å². The number of ether oxygens (including phenoxy) is 3. The van der Waals surface area contributed by atoms with Gasteiger partial charge < -0.3 is 24.8 Å². The second kappa shape index (κ2) is 13.9. The molecule has 0 fully saturated rings. The van der Waals surface area contributed by atoms with Crippen molar-refractivity contribution < 1.29 is 28.6 Å². The lowest BCUT2D eigenvalue weighted by Gasteiger charge is -2.25. The van der Waals surface area contributed by atoms with E-state index in [-0.39, 0.29) is 26.2 Å². The molecule has 0 saturated carbocycles. The topological polar surface area (TPSA) is 103 Å². The summed E-state index contributed by atoms with van der Waals surface area (Å²) in [5, 5.41) is 5.24. The Morgan fingerprint density at radius 3 is 2.09 bits per heavy atom. The van der Waals surface area contributed by atoms with Crippen molar-refractivity contribution in [1.29, 1.82) is 0 Å². The third kappa shape index (κ3) is 10.9. The number of rotatable bonds is 12. The lowest BCUT2D eigenvalue weighted by molar-refractivity contribution is -0.147. The van der Waals surface area contributed by atoms with Crippen LogP contribution in [0, 0.1) is 0 Å². The molecule has 0 spiro atoms. The number of amides is 2. The lowest BCUT2D eigenvalue weighted by Crippen LogP contribution is -2.54. The first-order chi connectivity index (χ1) is 16.7. The molecule has 2 amide bonds. The van der Waals surface area contributed by atoms with E-state index in [9.17, 15) is 14.4 Å². The van der Waals surface area contributed by atoms with E-state index in [0.717, 1.165) is 11.1 Å². The molecule has 0 radical (unpaired) electrons. The van der Waals surface area contributed by atoms with Crippen molar-refractivity contribution in [1.82, 2.24) is 10.6 Å². The Hall–Kier alpha value is -3.65. The fourth-order valence-corrected chi connectivity index (χ4v) is 3.06. The summed E-state index contributed by atoms with van der Waals surface area (Å²) in [7, 11) is 0. The Labute approximate surface area is 206 Å². The van der Waals surface area contributed by atoms with Crippen LogP contribution in [0.25, 0.3) is 0 Å². The van der Waals surface area contributed by atoms with E-state index >= 15 is 0 Å². The predicted molar refractivity (Wildman–Crippen MR) is 132 cm³/mol. The van der Waals surface area contributed by atoms with Crippen molar-refractivity contribution in [2.45, 2.75) is 51.5 Å². The van der Waals surface area contributed by atoms with Gasteiger partial charge in [0.25, 0.3) is 0 Å². The molecule has 0 heterocycles. The van der Waals surface area contributed by atoms with Crippen LogP contribution >= 0.6 is 0 Å². The average Bonchev–Trinajstić information content (AvgIpc) is 2.81. The van der Waals surface area contributed by atoms with E-state index in [1.807, 2.05) is 60.7 Å². The molecule has 2 N–H and O–H groups in total. The zero-order valence-electron chi connectivity index (χ0n) is 20.5. The highest BCUT2D eigenvalue weighted by molar-refractivity contribution is 5.90. The van der Waals surface area contributed by atoms with Crippen LogP contribution in [0.5, 0.6) is 0 Å². The number of hydrogen-bond donors (Lipinski definition) is 2. The fourth-order valence-electron chi connectivity index (χ4n) is 3.06. The molecule has 0 aliphatic carbocycles. The highest BCUT2D eigenvalue weighted by Crippen LogP contribution is 2.09. The van der Waals surface area contributed by atoms with Crippen LogP contribution in [0.1, 0.15) is 31.9 Å². The van der Waals surface area contributed by atoms with Crippen LogP contribution in [-0.2, 0) is 36.8 Å². The molecule has 188 valence electrons. The Morgan fingerprint density at radius 2 is 1.51 bits per heavy atom. The molecule has 2 aromatic rings. The summed E-state index contributed by atoms with van der Waals surface area (Å²) in [6.07, 6.45) is 0.894. The van der Waals surface area contributed by atoms with E-state index in [4.69, 9.17) is 14.2 Å². The average molecular weight is 483 g/mol. The van der Waals surface area contributed by atoms with E-state index in [0.29, 0.717) is 0 Å². The third-order valence-electron chi connectivity index (χ3n) is 4.63. The molecule has 0 bridgehead atoms. The second-order valence-corrected chi connectivity index (χ2v) is 8.87. The summed E-state index contributed by atoms with van der Waals surface area (Å²) < 4.78 is 16.2. The van der Waals surface area contributed by atoms with Gasteiger partial charge in [0.2, 0.25) is 5.91 Å². The van der Waals surface area contributed by atoms with Crippen LogP contribution < -0.4 is 10.6 Å². The Balaban J connectivity index is 2.13. The SMILES string of the molecule is C=CCOC(=O)[C@H](Cc1ccccc1)NC(=O)[C@H](COCc1ccccc1)NC(=O)OC(C)(C)C. The first kappa shape index (κ1) is 27.6. The summed E-state index contributed by atoms with van der Waals surface area (Å²) in [5.74, 6) is -1.20. The van der Waals surface area contributed by atoms with Gasteiger partial charge in [-0.25, -0.2) is 9.59 Å². The molecule has 0 saturated heterocycles. The van der Waals surface area contributed by atoms with Gasteiger partial charge >= 0.3 is 12.1 Å². The van der Waals surface area contributed by atoms with E-state index in [1.165, 1.54) is 6.08 Å². The van der Waals surface area contributed by atoms with Crippen molar-refractivity contribution in [3.05, 3.63) is 84.4 Å². The Bertz CT molecular complexity index is 957. The number of nitrogens with one attached hydrogen (secondary N) is 2. The van der Waals surface area contributed by atoms with Gasteiger partial charge in [-0.05, 0) is 31.9 Å². The van der Waals surface area contributed by atoms with Gasteiger partial charge in [-0.1, -0.05) is 73.3 Å². The number of benzene rings is 2. The van der Waals surface area contributed by atoms with Crippen LogP contribution in [0.3, 0.4) is 0 Å². The second-order valence-electron chi connectivity index (χ2n) is 8.87. The molecule has 2 aromatic carbocycles. The lowest BCUT2D eigenvalue weighted by atomic mass is 10.1. The van der Waals surface area contributed by atoms with Crippen LogP contribution in [-0.4, -0.2) is 48.9 Å². The molecule has 8 heteroatoms. The largest absolute Gasteiger partial charge is 0.460 e. The van der Waals surface area contributed by atoms with Gasteiger partial charge in [0, 0.05) is 6.42 Å². The zero-order chi connectivity index (χ0) is 25.7. The number of esters is 1. The third-order valence-corrected chi connectivity index (χ3v) is 4.63. The molecular formula is C27H34N2O6. The fraction of sp³-hybridized carbons (Fsp3) is 0.370. The maximum Gasteiger partial charge on any atom is 0.408 e. The van der Waals surface area contributed by atoms with Gasteiger partial charge in [0.05, 0.1) is 13.2 Å². The summed E-state index contributed by atoms with van der Waals surface area (Å²) in [4.78, 5) is 38.2. The van der Waals surface area contributed by atoms with Gasteiger partial charge in [-0.2, -0.15) is 0 Å². The van der Waals surface area contributed by atoms with Crippen molar-refractivity contribution in [3.63, 3.8) is 0 Å². The number of carbonyl (C=O) groups is 3. The predicted octanol–water partition coefficient (Wildman–Crippen LogP) is 3.55.